The minimum atomic E-state index is 0.557. The number of benzene rings is 1. The van der Waals surface area contributed by atoms with Gasteiger partial charge in [0, 0.05) is 5.56 Å². The van der Waals surface area contributed by atoms with E-state index in [2.05, 4.69) is 45.8 Å². The summed E-state index contributed by atoms with van der Waals surface area (Å²) in [6, 6.07) is 10.3. The first-order chi connectivity index (χ1) is 10.3. The molecule has 4 rings (SSSR count). The maximum absolute atomic E-state index is 4.69. The van der Waals surface area contributed by atoms with E-state index < -0.39 is 0 Å². The van der Waals surface area contributed by atoms with E-state index in [1.807, 2.05) is 22.9 Å². The first kappa shape index (κ1) is 12.0. The molecule has 2 aromatic heterocycles. The summed E-state index contributed by atoms with van der Waals surface area (Å²) in [5.74, 6) is 0.557. The Bertz CT molecular complexity index is 798. The topological polar surface area (TPSA) is 72.3 Å². The molecule has 0 radical (unpaired) electrons. The number of nitrogens with zero attached hydrogens (tertiary/aromatic N) is 5. The van der Waals surface area contributed by atoms with E-state index in [-0.39, 0.29) is 0 Å². The van der Waals surface area contributed by atoms with Gasteiger partial charge in [-0.05, 0) is 30.2 Å². The van der Waals surface area contributed by atoms with Gasteiger partial charge in [-0.15, -0.1) is 10.2 Å². The van der Waals surface area contributed by atoms with Crippen molar-refractivity contribution in [2.24, 2.45) is 0 Å². The van der Waals surface area contributed by atoms with Crippen molar-refractivity contribution in [1.82, 2.24) is 30.4 Å². The average molecular weight is 278 g/mol. The maximum Gasteiger partial charge on any atom is 0.225 e. The number of hydrogen-bond donors (Lipinski definition) is 1. The lowest BCUT2D eigenvalue weighted by Gasteiger charge is -2.04. The number of H-pyrrole nitrogens is 1. The van der Waals surface area contributed by atoms with Crippen LogP contribution in [-0.2, 0) is 13.0 Å². The summed E-state index contributed by atoms with van der Waals surface area (Å²) in [4.78, 5) is 0. The van der Waals surface area contributed by atoms with Crippen molar-refractivity contribution in [3.8, 4) is 11.5 Å². The standard InChI is InChI=1S/C15H14N6/c1-10-7-12-13(8-10)21(9-11-5-3-2-4-6-11)18-14(12)15-16-19-20-17-15/h2-6,8H,7,9H2,1H3,(H,16,17,19,20). The van der Waals surface area contributed by atoms with Gasteiger partial charge >= 0.3 is 0 Å². The van der Waals surface area contributed by atoms with E-state index in [4.69, 9.17) is 5.10 Å². The van der Waals surface area contributed by atoms with Gasteiger partial charge in [0.1, 0.15) is 5.69 Å². The number of hydrogen-bond acceptors (Lipinski definition) is 4. The molecule has 6 nitrogen and oxygen atoms in total. The van der Waals surface area contributed by atoms with Crippen LogP contribution in [-0.4, -0.2) is 30.4 Å². The van der Waals surface area contributed by atoms with E-state index in [1.165, 1.54) is 16.7 Å². The monoisotopic (exact) mass is 278 g/mol. The van der Waals surface area contributed by atoms with Crippen molar-refractivity contribution >= 4 is 6.08 Å². The molecule has 0 spiro atoms. The minimum Gasteiger partial charge on any atom is -0.260 e. The van der Waals surface area contributed by atoms with Crippen molar-refractivity contribution < 1.29 is 0 Å². The van der Waals surface area contributed by atoms with Crippen LogP contribution in [0, 0.1) is 0 Å². The molecule has 1 aliphatic rings. The molecule has 0 fully saturated rings. The molecule has 1 aromatic carbocycles. The van der Waals surface area contributed by atoms with Crippen LogP contribution in [0.5, 0.6) is 0 Å². The lowest BCUT2D eigenvalue weighted by molar-refractivity contribution is 0.681. The highest BCUT2D eigenvalue weighted by Crippen LogP contribution is 2.32. The molecule has 0 bridgehead atoms. The second-order valence-electron chi connectivity index (χ2n) is 5.26. The van der Waals surface area contributed by atoms with Crippen molar-refractivity contribution in [3.63, 3.8) is 0 Å². The van der Waals surface area contributed by atoms with Crippen LogP contribution >= 0.6 is 0 Å². The largest absolute Gasteiger partial charge is 0.260 e. The van der Waals surface area contributed by atoms with Crippen LogP contribution in [0.2, 0.25) is 0 Å². The zero-order valence-corrected chi connectivity index (χ0v) is 11.6. The Labute approximate surface area is 121 Å². The highest BCUT2D eigenvalue weighted by Gasteiger charge is 2.24. The predicted octanol–water partition coefficient (Wildman–Crippen LogP) is 2.07. The van der Waals surface area contributed by atoms with Gasteiger partial charge in [-0.2, -0.15) is 10.3 Å². The molecule has 2 heterocycles. The molecule has 0 unspecified atom stereocenters. The number of aromatic amines is 1. The third-order valence-corrected chi connectivity index (χ3v) is 3.66. The van der Waals surface area contributed by atoms with Gasteiger partial charge in [0.2, 0.25) is 5.82 Å². The van der Waals surface area contributed by atoms with Crippen molar-refractivity contribution in [2.45, 2.75) is 19.9 Å². The van der Waals surface area contributed by atoms with Gasteiger partial charge in [-0.3, -0.25) is 4.68 Å². The molecule has 0 amide bonds. The highest BCUT2D eigenvalue weighted by molar-refractivity contribution is 5.70. The first-order valence-corrected chi connectivity index (χ1v) is 6.86. The summed E-state index contributed by atoms with van der Waals surface area (Å²) in [5.41, 5.74) is 5.71. The van der Waals surface area contributed by atoms with Crippen LogP contribution in [0.1, 0.15) is 23.7 Å². The third-order valence-electron chi connectivity index (χ3n) is 3.66. The average Bonchev–Trinajstić information content (AvgIpc) is 3.18. The van der Waals surface area contributed by atoms with Gasteiger partial charge in [0.25, 0.3) is 0 Å². The van der Waals surface area contributed by atoms with E-state index >= 15 is 0 Å². The smallest absolute Gasteiger partial charge is 0.225 e. The zero-order chi connectivity index (χ0) is 14.2. The fraction of sp³-hybridized carbons (Fsp3) is 0.200. The number of tetrazole rings is 1. The van der Waals surface area contributed by atoms with Gasteiger partial charge < -0.3 is 0 Å². The quantitative estimate of drug-likeness (QED) is 0.796. The number of nitrogens with one attached hydrogen (secondary N) is 1. The normalized spacial score (nSPS) is 13.3. The summed E-state index contributed by atoms with van der Waals surface area (Å²) in [6.45, 7) is 2.87. The molecule has 104 valence electrons. The Morgan fingerprint density at radius 3 is 2.86 bits per heavy atom. The second kappa shape index (κ2) is 4.66. The lowest BCUT2D eigenvalue weighted by atomic mass is 10.1. The van der Waals surface area contributed by atoms with Crippen molar-refractivity contribution in [2.75, 3.05) is 0 Å². The molecule has 0 saturated heterocycles. The number of fused-ring (bicyclic) bond motifs is 1. The Kier molecular flexibility index (Phi) is 2.67. The fourth-order valence-electron chi connectivity index (χ4n) is 2.73. The molecule has 0 aliphatic heterocycles. The van der Waals surface area contributed by atoms with Gasteiger partial charge in [-0.1, -0.05) is 35.9 Å². The number of allylic oxidation sites excluding steroid dienone is 1. The van der Waals surface area contributed by atoms with E-state index in [9.17, 15) is 0 Å². The molecule has 6 heteroatoms. The Morgan fingerprint density at radius 1 is 1.24 bits per heavy atom. The van der Waals surface area contributed by atoms with Crippen LogP contribution in [0.3, 0.4) is 0 Å². The van der Waals surface area contributed by atoms with Gasteiger partial charge in [0.05, 0.1) is 12.2 Å². The Balaban J connectivity index is 1.79. The zero-order valence-electron chi connectivity index (χ0n) is 11.6. The van der Waals surface area contributed by atoms with Crippen LogP contribution in [0.15, 0.2) is 35.9 Å². The summed E-state index contributed by atoms with van der Waals surface area (Å²) < 4.78 is 2.02. The molecule has 3 aromatic rings. The minimum absolute atomic E-state index is 0.557. The van der Waals surface area contributed by atoms with Crippen molar-refractivity contribution in [1.29, 1.82) is 0 Å². The fourth-order valence-corrected chi connectivity index (χ4v) is 2.73. The number of aromatic nitrogens is 6. The second-order valence-corrected chi connectivity index (χ2v) is 5.26. The number of rotatable bonds is 3. The van der Waals surface area contributed by atoms with E-state index in [1.54, 1.807) is 0 Å². The molecule has 1 aliphatic carbocycles. The van der Waals surface area contributed by atoms with Gasteiger partial charge in [0.15, 0.2) is 0 Å². The first-order valence-electron chi connectivity index (χ1n) is 6.86. The molecular weight excluding hydrogens is 264 g/mol. The van der Waals surface area contributed by atoms with Crippen LogP contribution in [0.4, 0.5) is 0 Å². The van der Waals surface area contributed by atoms with Gasteiger partial charge in [-0.25, -0.2) is 0 Å². The highest BCUT2D eigenvalue weighted by atomic mass is 15.5. The summed E-state index contributed by atoms with van der Waals surface area (Å²) >= 11 is 0. The van der Waals surface area contributed by atoms with Crippen molar-refractivity contribution in [3.05, 3.63) is 52.7 Å². The maximum atomic E-state index is 4.69. The van der Waals surface area contributed by atoms with E-state index in [0.717, 1.165) is 24.4 Å². The third kappa shape index (κ3) is 2.05. The molecule has 1 N–H and O–H groups in total. The van der Waals surface area contributed by atoms with E-state index in [0.29, 0.717) is 5.82 Å². The molecule has 0 atom stereocenters. The lowest BCUT2D eigenvalue weighted by Crippen LogP contribution is -2.03. The molecule has 21 heavy (non-hydrogen) atoms. The predicted molar refractivity (Wildman–Crippen MR) is 78.3 cm³/mol. The summed E-state index contributed by atoms with van der Waals surface area (Å²) in [6.07, 6.45) is 3.09. The van der Waals surface area contributed by atoms with Crippen LogP contribution < -0.4 is 0 Å². The Hall–Kier alpha value is -2.76. The van der Waals surface area contributed by atoms with Crippen LogP contribution in [0.25, 0.3) is 17.6 Å². The molecule has 0 saturated carbocycles. The molecular formula is C15H14N6. The SMILES string of the molecule is CC1=Cc2c(c(-c3nn[nH]n3)nn2Cc2ccccc2)C1. The summed E-state index contributed by atoms with van der Waals surface area (Å²) in [5, 5.41) is 18.9. The summed E-state index contributed by atoms with van der Waals surface area (Å²) in [7, 11) is 0. The Morgan fingerprint density at radius 2 is 2.10 bits per heavy atom.